The molecule has 1 aliphatic rings. The highest BCUT2D eigenvalue weighted by Crippen LogP contribution is 2.28. The Kier molecular flexibility index (Phi) is 5.27. The van der Waals surface area contributed by atoms with Crippen molar-refractivity contribution in [3.8, 4) is 11.5 Å². The van der Waals surface area contributed by atoms with Gasteiger partial charge in [0, 0.05) is 32.2 Å². The van der Waals surface area contributed by atoms with Gasteiger partial charge in [-0.05, 0) is 19.2 Å². The number of rotatable bonds is 5. The van der Waals surface area contributed by atoms with Crippen LogP contribution < -0.4 is 14.8 Å². The number of nitrogens with zero attached hydrogens (tertiary/aromatic N) is 2. The van der Waals surface area contributed by atoms with Gasteiger partial charge in [-0.2, -0.15) is 0 Å². The summed E-state index contributed by atoms with van der Waals surface area (Å²) in [4.78, 5) is 16.3. The molecule has 1 amide bonds. The van der Waals surface area contributed by atoms with Crippen LogP contribution in [0.5, 0.6) is 11.5 Å². The second kappa shape index (κ2) is 7.17. The van der Waals surface area contributed by atoms with Gasteiger partial charge < -0.3 is 24.6 Å². The topological polar surface area (TPSA) is 54.0 Å². The van der Waals surface area contributed by atoms with Crippen molar-refractivity contribution in [1.82, 2.24) is 9.80 Å². The number of ether oxygens (including phenoxy) is 2. The molecule has 0 aromatic heterocycles. The number of methoxy groups -OCH3 is 2. The maximum atomic E-state index is 12.2. The van der Waals surface area contributed by atoms with Gasteiger partial charge in [0.15, 0.2) is 0 Å². The van der Waals surface area contributed by atoms with E-state index in [1.165, 1.54) is 0 Å². The molecule has 1 heterocycles. The van der Waals surface area contributed by atoms with Crippen molar-refractivity contribution in [2.45, 2.75) is 0 Å². The molecule has 6 heteroatoms. The van der Waals surface area contributed by atoms with E-state index < -0.39 is 0 Å². The van der Waals surface area contributed by atoms with Crippen LogP contribution in [-0.2, 0) is 4.79 Å². The van der Waals surface area contributed by atoms with Crippen LogP contribution in [0.25, 0.3) is 0 Å². The minimum atomic E-state index is 0.105. The van der Waals surface area contributed by atoms with Gasteiger partial charge in [-0.1, -0.05) is 0 Å². The van der Waals surface area contributed by atoms with Crippen molar-refractivity contribution in [3.05, 3.63) is 18.2 Å². The Hall–Kier alpha value is -1.95. The Morgan fingerprint density at radius 2 is 1.90 bits per heavy atom. The van der Waals surface area contributed by atoms with Gasteiger partial charge in [-0.3, -0.25) is 4.79 Å². The fraction of sp³-hybridized carbons (Fsp3) is 0.533. The summed E-state index contributed by atoms with van der Waals surface area (Å²) in [6, 6.07) is 5.48. The summed E-state index contributed by atoms with van der Waals surface area (Å²) < 4.78 is 10.5. The molecule has 1 saturated heterocycles. The molecule has 0 saturated carbocycles. The first-order valence-electron chi connectivity index (χ1n) is 7.06. The zero-order valence-corrected chi connectivity index (χ0v) is 12.9. The van der Waals surface area contributed by atoms with Crippen molar-refractivity contribution in [2.75, 3.05) is 59.3 Å². The molecule has 116 valence electrons. The number of piperazine rings is 1. The summed E-state index contributed by atoms with van der Waals surface area (Å²) in [5.74, 6) is 1.53. The SMILES string of the molecule is COc1ccc(OC)c(NCC(=O)N2CCN(C)CC2)c1. The quantitative estimate of drug-likeness (QED) is 0.874. The molecule has 0 bridgehead atoms. The van der Waals surface area contributed by atoms with Gasteiger partial charge in [0.2, 0.25) is 5.91 Å². The zero-order valence-electron chi connectivity index (χ0n) is 12.9. The van der Waals surface area contributed by atoms with Gasteiger partial charge >= 0.3 is 0 Å². The lowest BCUT2D eigenvalue weighted by Gasteiger charge is -2.32. The lowest BCUT2D eigenvalue weighted by molar-refractivity contribution is -0.130. The van der Waals surface area contributed by atoms with Gasteiger partial charge in [0.1, 0.15) is 11.5 Å². The number of nitrogens with one attached hydrogen (secondary N) is 1. The number of carbonyl (C=O) groups excluding carboxylic acids is 1. The number of amides is 1. The lowest BCUT2D eigenvalue weighted by atomic mass is 10.2. The Bertz CT molecular complexity index is 485. The van der Waals surface area contributed by atoms with Crippen LogP contribution in [0.1, 0.15) is 0 Å². The molecule has 6 nitrogen and oxygen atoms in total. The van der Waals surface area contributed by atoms with E-state index in [0.29, 0.717) is 5.75 Å². The molecule has 1 aliphatic heterocycles. The van der Waals surface area contributed by atoms with E-state index in [0.717, 1.165) is 37.6 Å². The van der Waals surface area contributed by atoms with Crippen molar-refractivity contribution >= 4 is 11.6 Å². The third-order valence-corrected chi connectivity index (χ3v) is 3.69. The van der Waals surface area contributed by atoms with Crippen molar-refractivity contribution in [3.63, 3.8) is 0 Å². The third kappa shape index (κ3) is 4.01. The first kappa shape index (κ1) is 15.4. The van der Waals surface area contributed by atoms with E-state index >= 15 is 0 Å². The maximum Gasteiger partial charge on any atom is 0.241 e. The first-order valence-corrected chi connectivity index (χ1v) is 7.06. The second-order valence-corrected chi connectivity index (χ2v) is 5.10. The molecule has 0 radical (unpaired) electrons. The van der Waals surface area contributed by atoms with Crippen molar-refractivity contribution in [2.24, 2.45) is 0 Å². The number of hydrogen-bond donors (Lipinski definition) is 1. The fourth-order valence-corrected chi connectivity index (χ4v) is 2.29. The summed E-state index contributed by atoms with van der Waals surface area (Å²) in [5.41, 5.74) is 0.763. The monoisotopic (exact) mass is 293 g/mol. The number of anilines is 1. The Balaban J connectivity index is 1.94. The van der Waals surface area contributed by atoms with Gasteiger partial charge in [0.25, 0.3) is 0 Å². The van der Waals surface area contributed by atoms with Crippen LogP contribution in [-0.4, -0.2) is 69.7 Å². The smallest absolute Gasteiger partial charge is 0.241 e. The average Bonchev–Trinajstić information content (AvgIpc) is 2.52. The van der Waals surface area contributed by atoms with Crippen LogP contribution in [0.3, 0.4) is 0 Å². The molecule has 1 aromatic carbocycles. The minimum Gasteiger partial charge on any atom is -0.497 e. The molecular formula is C15H23N3O3. The summed E-state index contributed by atoms with van der Waals surface area (Å²) >= 11 is 0. The first-order chi connectivity index (χ1) is 10.1. The normalized spacial score (nSPS) is 15.7. The number of likely N-dealkylation sites (N-methyl/N-ethyl adjacent to an activating group) is 1. The summed E-state index contributed by atoms with van der Waals surface area (Å²) in [7, 11) is 5.29. The van der Waals surface area contributed by atoms with E-state index in [1.54, 1.807) is 14.2 Å². The molecule has 1 N–H and O–H groups in total. The fourth-order valence-electron chi connectivity index (χ4n) is 2.29. The largest absolute Gasteiger partial charge is 0.497 e. The van der Waals surface area contributed by atoms with E-state index in [4.69, 9.17) is 9.47 Å². The van der Waals surface area contributed by atoms with E-state index in [1.807, 2.05) is 23.1 Å². The second-order valence-electron chi connectivity index (χ2n) is 5.10. The third-order valence-electron chi connectivity index (χ3n) is 3.69. The van der Waals surface area contributed by atoms with Crippen LogP contribution in [0, 0.1) is 0 Å². The van der Waals surface area contributed by atoms with E-state index in [2.05, 4.69) is 17.3 Å². The Labute approximate surface area is 125 Å². The molecule has 0 unspecified atom stereocenters. The Morgan fingerprint density at radius 1 is 1.19 bits per heavy atom. The lowest BCUT2D eigenvalue weighted by Crippen LogP contribution is -2.48. The number of benzene rings is 1. The van der Waals surface area contributed by atoms with Gasteiger partial charge in [0.05, 0.1) is 26.5 Å². The highest BCUT2D eigenvalue weighted by atomic mass is 16.5. The molecule has 0 aliphatic carbocycles. The number of carbonyl (C=O) groups is 1. The molecule has 21 heavy (non-hydrogen) atoms. The van der Waals surface area contributed by atoms with Gasteiger partial charge in [-0.15, -0.1) is 0 Å². The molecule has 2 rings (SSSR count). The van der Waals surface area contributed by atoms with Crippen LogP contribution >= 0.6 is 0 Å². The Morgan fingerprint density at radius 3 is 2.52 bits per heavy atom. The molecule has 0 spiro atoms. The molecule has 1 fully saturated rings. The minimum absolute atomic E-state index is 0.105. The van der Waals surface area contributed by atoms with Crippen molar-refractivity contribution in [1.29, 1.82) is 0 Å². The van der Waals surface area contributed by atoms with Crippen LogP contribution in [0.2, 0.25) is 0 Å². The van der Waals surface area contributed by atoms with E-state index in [9.17, 15) is 4.79 Å². The summed E-state index contributed by atoms with van der Waals surface area (Å²) in [5, 5.41) is 3.14. The standard InChI is InChI=1S/C15H23N3O3/c1-17-6-8-18(9-7-17)15(19)11-16-13-10-12(20-2)4-5-14(13)21-3/h4-5,10,16H,6-9,11H2,1-3H3. The molecule has 1 aromatic rings. The molecule has 0 atom stereocenters. The van der Waals surface area contributed by atoms with Crippen LogP contribution in [0.15, 0.2) is 18.2 Å². The zero-order chi connectivity index (χ0) is 15.2. The summed E-state index contributed by atoms with van der Waals surface area (Å²) in [6.45, 7) is 3.67. The predicted octanol–water partition coefficient (Wildman–Crippen LogP) is 0.890. The van der Waals surface area contributed by atoms with Crippen LogP contribution in [0.4, 0.5) is 5.69 Å². The summed E-state index contributed by atoms with van der Waals surface area (Å²) in [6.07, 6.45) is 0. The number of hydrogen-bond acceptors (Lipinski definition) is 5. The van der Waals surface area contributed by atoms with E-state index in [-0.39, 0.29) is 12.5 Å². The molecular weight excluding hydrogens is 270 g/mol. The van der Waals surface area contributed by atoms with Gasteiger partial charge in [-0.25, -0.2) is 0 Å². The highest BCUT2D eigenvalue weighted by Gasteiger charge is 2.19. The maximum absolute atomic E-state index is 12.2. The predicted molar refractivity (Wildman–Crippen MR) is 82.1 cm³/mol. The average molecular weight is 293 g/mol. The highest BCUT2D eigenvalue weighted by molar-refractivity contribution is 5.81. The van der Waals surface area contributed by atoms with Crippen molar-refractivity contribution < 1.29 is 14.3 Å².